The molecule has 1 atom stereocenters. The van der Waals surface area contributed by atoms with Gasteiger partial charge in [0.15, 0.2) is 0 Å². The standard InChI is InChI=1S/C13H14BrN3/c1-8-6-7-17-13(16)11(8)12(15)9-2-4-10(14)5-3-9/h2-7,12H,15H2,1H3,(H2,16,17). The molecule has 2 aromatic rings. The van der Waals surface area contributed by atoms with Gasteiger partial charge in [-0.1, -0.05) is 28.1 Å². The first-order valence-corrected chi connectivity index (χ1v) is 6.11. The van der Waals surface area contributed by atoms with Gasteiger partial charge in [-0.3, -0.25) is 0 Å². The molecule has 0 amide bonds. The summed E-state index contributed by atoms with van der Waals surface area (Å²) >= 11 is 3.40. The molecular weight excluding hydrogens is 278 g/mol. The average molecular weight is 292 g/mol. The smallest absolute Gasteiger partial charge is 0.128 e. The van der Waals surface area contributed by atoms with Gasteiger partial charge >= 0.3 is 0 Å². The van der Waals surface area contributed by atoms with Gasteiger partial charge in [0.25, 0.3) is 0 Å². The molecule has 0 saturated heterocycles. The number of nitrogens with two attached hydrogens (primary N) is 2. The van der Waals surface area contributed by atoms with Crippen LogP contribution in [-0.2, 0) is 0 Å². The summed E-state index contributed by atoms with van der Waals surface area (Å²) in [6, 6.07) is 9.59. The van der Waals surface area contributed by atoms with Gasteiger partial charge in [0.2, 0.25) is 0 Å². The minimum Gasteiger partial charge on any atom is -0.383 e. The fraction of sp³-hybridized carbons (Fsp3) is 0.154. The Balaban J connectivity index is 2.43. The van der Waals surface area contributed by atoms with Crippen molar-refractivity contribution in [3.05, 3.63) is 57.7 Å². The third-order valence-corrected chi connectivity index (χ3v) is 3.31. The van der Waals surface area contributed by atoms with Crippen LogP contribution in [-0.4, -0.2) is 4.98 Å². The molecule has 1 aromatic carbocycles. The van der Waals surface area contributed by atoms with E-state index in [2.05, 4.69) is 20.9 Å². The van der Waals surface area contributed by atoms with Gasteiger partial charge in [-0.05, 0) is 36.2 Å². The van der Waals surface area contributed by atoms with Crippen LogP contribution in [0.15, 0.2) is 41.0 Å². The lowest BCUT2D eigenvalue weighted by Gasteiger charge is -2.16. The van der Waals surface area contributed by atoms with Crippen molar-refractivity contribution in [2.75, 3.05) is 5.73 Å². The molecule has 0 bridgehead atoms. The van der Waals surface area contributed by atoms with Crippen LogP contribution in [0.3, 0.4) is 0 Å². The molecule has 1 unspecified atom stereocenters. The van der Waals surface area contributed by atoms with E-state index in [1.807, 2.05) is 37.3 Å². The van der Waals surface area contributed by atoms with Crippen LogP contribution in [0.2, 0.25) is 0 Å². The Morgan fingerprint density at radius 2 is 1.82 bits per heavy atom. The van der Waals surface area contributed by atoms with Gasteiger partial charge in [0.1, 0.15) is 5.82 Å². The van der Waals surface area contributed by atoms with Crippen LogP contribution in [0.5, 0.6) is 0 Å². The van der Waals surface area contributed by atoms with Crippen molar-refractivity contribution in [3.63, 3.8) is 0 Å². The molecule has 0 saturated carbocycles. The monoisotopic (exact) mass is 291 g/mol. The predicted octanol–water partition coefficient (Wildman–Crippen LogP) is 2.78. The minimum atomic E-state index is -0.239. The van der Waals surface area contributed by atoms with Gasteiger partial charge < -0.3 is 11.5 Å². The number of anilines is 1. The van der Waals surface area contributed by atoms with Gasteiger partial charge in [-0.25, -0.2) is 4.98 Å². The number of hydrogen-bond acceptors (Lipinski definition) is 3. The highest BCUT2D eigenvalue weighted by molar-refractivity contribution is 9.10. The van der Waals surface area contributed by atoms with Crippen molar-refractivity contribution in [2.24, 2.45) is 5.73 Å². The summed E-state index contributed by atoms with van der Waals surface area (Å²) in [5.41, 5.74) is 15.1. The second-order valence-corrected chi connectivity index (χ2v) is 4.87. The number of aromatic nitrogens is 1. The molecular formula is C13H14BrN3. The van der Waals surface area contributed by atoms with Gasteiger partial charge in [0, 0.05) is 16.2 Å². The summed E-state index contributed by atoms with van der Waals surface area (Å²) in [6.07, 6.45) is 1.70. The summed E-state index contributed by atoms with van der Waals surface area (Å²) in [5, 5.41) is 0. The van der Waals surface area contributed by atoms with Crippen LogP contribution < -0.4 is 11.5 Å². The van der Waals surface area contributed by atoms with E-state index in [4.69, 9.17) is 11.5 Å². The molecule has 4 N–H and O–H groups in total. The summed E-state index contributed by atoms with van der Waals surface area (Å²) < 4.78 is 1.03. The summed E-state index contributed by atoms with van der Waals surface area (Å²) in [5.74, 6) is 0.500. The van der Waals surface area contributed by atoms with Crippen molar-refractivity contribution in [1.29, 1.82) is 0 Å². The second kappa shape index (κ2) is 4.85. The molecule has 1 heterocycles. The van der Waals surface area contributed by atoms with Gasteiger partial charge in [0.05, 0.1) is 6.04 Å². The fourth-order valence-corrected chi connectivity index (χ4v) is 2.10. The number of rotatable bonds is 2. The van der Waals surface area contributed by atoms with E-state index in [1.165, 1.54) is 0 Å². The molecule has 3 nitrogen and oxygen atoms in total. The van der Waals surface area contributed by atoms with Crippen molar-refractivity contribution < 1.29 is 0 Å². The number of halogens is 1. The second-order valence-electron chi connectivity index (χ2n) is 3.96. The Bertz CT molecular complexity index is 502. The molecule has 1 aromatic heterocycles. The number of benzene rings is 1. The lowest BCUT2D eigenvalue weighted by atomic mass is 9.97. The largest absolute Gasteiger partial charge is 0.383 e. The van der Waals surface area contributed by atoms with Crippen LogP contribution >= 0.6 is 15.9 Å². The van der Waals surface area contributed by atoms with E-state index >= 15 is 0 Å². The van der Waals surface area contributed by atoms with Crippen molar-refractivity contribution in [3.8, 4) is 0 Å². The molecule has 0 aliphatic carbocycles. The Labute approximate surface area is 109 Å². The number of nitrogen functional groups attached to an aromatic ring is 1. The third-order valence-electron chi connectivity index (χ3n) is 2.78. The van der Waals surface area contributed by atoms with Gasteiger partial charge in [-0.2, -0.15) is 0 Å². The quantitative estimate of drug-likeness (QED) is 0.894. The minimum absolute atomic E-state index is 0.239. The number of aryl methyl sites for hydroxylation is 1. The van der Waals surface area contributed by atoms with E-state index in [0.717, 1.165) is 21.2 Å². The van der Waals surface area contributed by atoms with Crippen molar-refractivity contribution in [2.45, 2.75) is 13.0 Å². The summed E-state index contributed by atoms with van der Waals surface area (Å²) in [7, 11) is 0. The van der Waals surface area contributed by atoms with Crippen molar-refractivity contribution in [1.82, 2.24) is 4.98 Å². The molecule has 0 aliphatic rings. The number of pyridine rings is 1. The normalized spacial score (nSPS) is 12.4. The van der Waals surface area contributed by atoms with E-state index in [0.29, 0.717) is 5.82 Å². The maximum atomic E-state index is 6.23. The van der Waals surface area contributed by atoms with Gasteiger partial charge in [-0.15, -0.1) is 0 Å². The molecule has 0 radical (unpaired) electrons. The highest BCUT2D eigenvalue weighted by Crippen LogP contribution is 2.27. The van der Waals surface area contributed by atoms with E-state index < -0.39 is 0 Å². The van der Waals surface area contributed by atoms with Crippen LogP contribution in [0.4, 0.5) is 5.82 Å². The van der Waals surface area contributed by atoms with Crippen LogP contribution in [0.1, 0.15) is 22.7 Å². The lowest BCUT2D eigenvalue weighted by Crippen LogP contribution is -2.16. The highest BCUT2D eigenvalue weighted by atomic mass is 79.9. The van der Waals surface area contributed by atoms with E-state index in [-0.39, 0.29) is 6.04 Å². The fourth-order valence-electron chi connectivity index (χ4n) is 1.83. The Morgan fingerprint density at radius 1 is 1.18 bits per heavy atom. The van der Waals surface area contributed by atoms with Crippen LogP contribution in [0.25, 0.3) is 0 Å². The van der Waals surface area contributed by atoms with E-state index in [1.54, 1.807) is 6.20 Å². The maximum Gasteiger partial charge on any atom is 0.128 e. The molecule has 0 spiro atoms. The lowest BCUT2D eigenvalue weighted by molar-refractivity contribution is 0.857. The summed E-state index contributed by atoms with van der Waals surface area (Å²) in [6.45, 7) is 1.99. The first-order valence-electron chi connectivity index (χ1n) is 5.31. The third kappa shape index (κ3) is 2.48. The first-order chi connectivity index (χ1) is 8.09. The SMILES string of the molecule is Cc1ccnc(N)c1C(N)c1ccc(Br)cc1. The van der Waals surface area contributed by atoms with E-state index in [9.17, 15) is 0 Å². The maximum absolute atomic E-state index is 6.23. The molecule has 0 fully saturated rings. The summed E-state index contributed by atoms with van der Waals surface area (Å²) in [4.78, 5) is 4.09. The Kier molecular flexibility index (Phi) is 3.45. The Hall–Kier alpha value is -1.39. The zero-order chi connectivity index (χ0) is 12.4. The topological polar surface area (TPSA) is 64.9 Å². The predicted molar refractivity (Wildman–Crippen MR) is 73.6 cm³/mol. The highest BCUT2D eigenvalue weighted by Gasteiger charge is 2.15. The van der Waals surface area contributed by atoms with Crippen LogP contribution in [0, 0.1) is 6.92 Å². The molecule has 0 aliphatic heterocycles. The first kappa shape index (κ1) is 12.1. The Morgan fingerprint density at radius 3 is 2.41 bits per heavy atom. The zero-order valence-electron chi connectivity index (χ0n) is 9.52. The molecule has 2 rings (SSSR count). The molecule has 88 valence electrons. The molecule has 17 heavy (non-hydrogen) atoms. The zero-order valence-corrected chi connectivity index (χ0v) is 11.1. The number of nitrogens with zero attached hydrogens (tertiary/aromatic N) is 1. The molecule has 4 heteroatoms. The van der Waals surface area contributed by atoms with Crippen molar-refractivity contribution >= 4 is 21.7 Å². The average Bonchev–Trinajstić information content (AvgIpc) is 2.29. The number of hydrogen-bond donors (Lipinski definition) is 2.